The average molecular weight is 419 g/mol. The molecule has 2 unspecified atom stereocenters. The largest absolute Gasteiger partial charge is 0.331 e. The summed E-state index contributed by atoms with van der Waals surface area (Å²) in [4.78, 5) is 26.5. The molecule has 1 aliphatic heterocycles. The maximum Gasteiger partial charge on any atom is 0.331 e. The predicted octanol–water partition coefficient (Wildman–Crippen LogP) is 0.937. The number of nitrogens with one attached hydrogen (secondary N) is 2. The SMILES string of the molecule is CC1NCC1n1c(=O)c2cc(S(=O)(=O)NC3(C)CC3)ccc2n(CC2CC2)c1=O. The summed E-state index contributed by atoms with van der Waals surface area (Å²) in [5.41, 5.74) is -0.595. The van der Waals surface area contributed by atoms with Gasteiger partial charge in [-0.15, -0.1) is 0 Å². The molecule has 0 spiro atoms. The van der Waals surface area contributed by atoms with E-state index in [4.69, 9.17) is 0 Å². The molecular formula is C20H26N4O4S. The molecule has 2 aliphatic carbocycles. The fraction of sp³-hybridized carbons (Fsp3) is 0.600. The Balaban J connectivity index is 1.69. The molecule has 2 saturated carbocycles. The van der Waals surface area contributed by atoms with Crippen molar-refractivity contribution in [2.24, 2.45) is 5.92 Å². The van der Waals surface area contributed by atoms with Gasteiger partial charge in [-0.05, 0) is 63.6 Å². The summed E-state index contributed by atoms with van der Waals surface area (Å²) in [5, 5.41) is 3.47. The maximum absolute atomic E-state index is 13.3. The van der Waals surface area contributed by atoms with Crippen LogP contribution in [0.4, 0.5) is 0 Å². The summed E-state index contributed by atoms with van der Waals surface area (Å²) in [6.07, 6.45) is 3.76. The van der Waals surface area contributed by atoms with Crippen LogP contribution in [0.5, 0.6) is 0 Å². The lowest BCUT2D eigenvalue weighted by Gasteiger charge is -2.36. The van der Waals surface area contributed by atoms with E-state index in [1.807, 2.05) is 13.8 Å². The molecule has 156 valence electrons. The number of hydrogen-bond donors (Lipinski definition) is 2. The van der Waals surface area contributed by atoms with Crippen molar-refractivity contribution in [3.8, 4) is 0 Å². The van der Waals surface area contributed by atoms with Gasteiger partial charge in [-0.25, -0.2) is 17.9 Å². The van der Waals surface area contributed by atoms with Crippen LogP contribution in [-0.2, 0) is 16.6 Å². The zero-order valence-electron chi connectivity index (χ0n) is 16.6. The summed E-state index contributed by atoms with van der Waals surface area (Å²) in [6, 6.07) is 4.35. The van der Waals surface area contributed by atoms with Crippen molar-refractivity contribution in [1.82, 2.24) is 19.2 Å². The highest BCUT2D eigenvalue weighted by Crippen LogP contribution is 2.36. The molecule has 1 aromatic carbocycles. The van der Waals surface area contributed by atoms with Gasteiger partial charge in [-0.1, -0.05) is 0 Å². The van der Waals surface area contributed by atoms with Crippen LogP contribution in [0.2, 0.25) is 0 Å². The minimum Gasteiger partial charge on any atom is -0.310 e. The van der Waals surface area contributed by atoms with Crippen LogP contribution in [0.15, 0.2) is 32.7 Å². The van der Waals surface area contributed by atoms with Gasteiger partial charge in [-0.2, -0.15) is 0 Å². The van der Waals surface area contributed by atoms with Gasteiger partial charge < -0.3 is 5.32 Å². The molecular weight excluding hydrogens is 392 g/mol. The Kier molecular flexibility index (Phi) is 4.11. The smallest absolute Gasteiger partial charge is 0.310 e. The van der Waals surface area contributed by atoms with Crippen LogP contribution in [0, 0.1) is 5.92 Å². The highest BCUT2D eigenvalue weighted by Gasteiger charge is 2.41. The molecule has 9 heteroatoms. The zero-order valence-corrected chi connectivity index (χ0v) is 17.5. The molecule has 1 saturated heterocycles. The van der Waals surface area contributed by atoms with E-state index in [2.05, 4.69) is 10.0 Å². The highest BCUT2D eigenvalue weighted by atomic mass is 32.2. The minimum absolute atomic E-state index is 0.0237. The maximum atomic E-state index is 13.3. The topological polar surface area (TPSA) is 102 Å². The Hall–Kier alpha value is -1.97. The number of rotatable bonds is 6. The highest BCUT2D eigenvalue weighted by molar-refractivity contribution is 7.89. The van der Waals surface area contributed by atoms with Gasteiger partial charge in [-0.3, -0.25) is 13.9 Å². The lowest BCUT2D eigenvalue weighted by Crippen LogP contribution is -2.58. The summed E-state index contributed by atoms with van der Waals surface area (Å²) < 4.78 is 31.3. The molecule has 5 rings (SSSR count). The molecule has 0 bridgehead atoms. The quantitative estimate of drug-likeness (QED) is 0.727. The summed E-state index contributed by atoms with van der Waals surface area (Å²) in [7, 11) is -3.73. The second-order valence-corrected chi connectivity index (χ2v) is 10.8. The van der Waals surface area contributed by atoms with E-state index in [-0.39, 0.29) is 28.1 Å². The predicted molar refractivity (Wildman–Crippen MR) is 110 cm³/mol. The van der Waals surface area contributed by atoms with Gasteiger partial charge in [0.25, 0.3) is 5.56 Å². The number of sulfonamides is 1. The van der Waals surface area contributed by atoms with E-state index in [9.17, 15) is 18.0 Å². The molecule has 29 heavy (non-hydrogen) atoms. The number of benzene rings is 1. The molecule has 3 fully saturated rings. The number of aromatic nitrogens is 2. The Morgan fingerprint density at radius 1 is 1.24 bits per heavy atom. The number of nitrogens with zero attached hydrogens (tertiary/aromatic N) is 2. The van der Waals surface area contributed by atoms with E-state index in [1.165, 1.54) is 16.7 Å². The fourth-order valence-electron chi connectivity index (χ4n) is 4.01. The van der Waals surface area contributed by atoms with Crippen molar-refractivity contribution in [2.75, 3.05) is 6.54 Å². The monoisotopic (exact) mass is 418 g/mol. The van der Waals surface area contributed by atoms with E-state index in [1.54, 1.807) is 10.6 Å². The normalized spacial score (nSPS) is 25.7. The lowest BCUT2D eigenvalue weighted by molar-refractivity contribution is 0.237. The summed E-state index contributed by atoms with van der Waals surface area (Å²) >= 11 is 0. The standard InChI is InChI=1S/C20H26N4O4S/c1-12-17(10-21-12)24-18(25)15-9-14(29(27,28)22-20(2)7-8-20)5-6-16(15)23(19(24)26)11-13-3-4-13/h5-6,9,12-13,17,21-22H,3-4,7-8,10-11H2,1-2H3. The molecule has 2 atom stereocenters. The molecule has 2 N–H and O–H groups in total. The van der Waals surface area contributed by atoms with Crippen molar-refractivity contribution in [3.05, 3.63) is 39.0 Å². The third-order valence-electron chi connectivity index (χ3n) is 6.53. The van der Waals surface area contributed by atoms with Crippen LogP contribution in [0.25, 0.3) is 10.9 Å². The third kappa shape index (κ3) is 3.25. The van der Waals surface area contributed by atoms with Gasteiger partial charge in [0.05, 0.1) is 21.8 Å². The molecule has 0 amide bonds. The van der Waals surface area contributed by atoms with E-state index in [0.717, 1.165) is 25.7 Å². The minimum atomic E-state index is -3.73. The van der Waals surface area contributed by atoms with Crippen LogP contribution < -0.4 is 21.3 Å². The first-order valence-corrected chi connectivity index (χ1v) is 11.7. The van der Waals surface area contributed by atoms with Crippen molar-refractivity contribution >= 4 is 20.9 Å². The average Bonchev–Trinajstić information content (AvgIpc) is 3.59. The van der Waals surface area contributed by atoms with Gasteiger partial charge in [0, 0.05) is 24.7 Å². The van der Waals surface area contributed by atoms with Crippen LogP contribution in [0.3, 0.4) is 0 Å². The van der Waals surface area contributed by atoms with Crippen molar-refractivity contribution in [3.63, 3.8) is 0 Å². The van der Waals surface area contributed by atoms with Gasteiger partial charge >= 0.3 is 5.69 Å². The summed E-state index contributed by atoms with van der Waals surface area (Å²) in [6.45, 7) is 4.93. The molecule has 8 nitrogen and oxygen atoms in total. The van der Waals surface area contributed by atoms with Crippen LogP contribution in [0.1, 0.15) is 45.6 Å². The Labute approximate surface area is 169 Å². The van der Waals surface area contributed by atoms with Crippen molar-refractivity contribution in [1.29, 1.82) is 0 Å². The van der Waals surface area contributed by atoms with Crippen molar-refractivity contribution < 1.29 is 8.42 Å². The molecule has 1 aromatic heterocycles. The fourth-order valence-corrected chi connectivity index (χ4v) is 5.50. The van der Waals surface area contributed by atoms with Crippen molar-refractivity contribution in [2.45, 2.75) is 68.6 Å². The Morgan fingerprint density at radius 3 is 2.52 bits per heavy atom. The Bertz CT molecular complexity index is 1220. The number of hydrogen-bond acceptors (Lipinski definition) is 5. The van der Waals surface area contributed by atoms with E-state index < -0.39 is 21.1 Å². The third-order valence-corrected chi connectivity index (χ3v) is 8.17. The molecule has 2 heterocycles. The van der Waals surface area contributed by atoms with Crippen LogP contribution in [-0.4, -0.2) is 35.7 Å². The first kappa shape index (κ1) is 19.0. The van der Waals surface area contributed by atoms with Gasteiger partial charge in [0.15, 0.2) is 0 Å². The lowest BCUT2D eigenvalue weighted by atomic mass is 10.0. The first-order valence-electron chi connectivity index (χ1n) is 10.2. The second kappa shape index (κ2) is 6.26. The summed E-state index contributed by atoms with van der Waals surface area (Å²) in [5.74, 6) is 0.443. The van der Waals surface area contributed by atoms with E-state index >= 15 is 0 Å². The molecule has 0 radical (unpaired) electrons. The van der Waals surface area contributed by atoms with Crippen LogP contribution >= 0.6 is 0 Å². The second-order valence-electron chi connectivity index (χ2n) is 9.12. The first-order chi connectivity index (χ1) is 13.7. The number of fused-ring (bicyclic) bond motifs is 1. The van der Waals surface area contributed by atoms with Gasteiger partial charge in [0.1, 0.15) is 0 Å². The van der Waals surface area contributed by atoms with E-state index in [0.29, 0.717) is 24.5 Å². The molecule has 3 aliphatic rings. The Morgan fingerprint density at radius 2 is 1.97 bits per heavy atom. The van der Waals surface area contributed by atoms with Gasteiger partial charge in [0.2, 0.25) is 10.0 Å². The molecule has 2 aromatic rings. The zero-order chi connectivity index (χ0) is 20.6.